The van der Waals surface area contributed by atoms with Crippen LogP contribution in [0, 0.1) is 0 Å². The largest absolute Gasteiger partial charge is 0.481 e. The molecule has 0 saturated carbocycles. The molecule has 0 aliphatic rings. The van der Waals surface area contributed by atoms with Crippen molar-refractivity contribution in [1.29, 1.82) is 0 Å². The van der Waals surface area contributed by atoms with E-state index in [1.54, 1.807) is 25.1 Å². The fourth-order valence-electron chi connectivity index (χ4n) is 2.03. The third-order valence-electron chi connectivity index (χ3n) is 3.27. The molecule has 22 heavy (non-hydrogen) atoms. The summed E-state index contributed by atoms with van der Waals surface area (Å²) in [7, 11) is 0. The lowest BCUT2D eigenvalue weighted by Crippen LogP contribution is -2.09. The predicted molar refractivity (Wildman–Crippen MR) is 84.4 cm³/mol. The maximum atomic E-state index is 11.1. The van der Waals surface area contributed by atoms with Gasteiger partial charge >= 0.3 is 11.9 Å². The monoisotopic (exact) mass is 316 g/mol. The molecule has 0 radical (unpaired) electrons. The van der Waals surface area contributed by atoms with Crippen molar-refractivity contribution >= 4 is 23.7 Å². The number of carboxylic acid groups (broad SMARTS) is 2. The topological polar surface area (TPSA) is 74.6 Å². The summed E-state index contributed by atoms with van der Waals surface area (Å²) >= 11 is 1.47. The van der Waals surface area contributed by atoms with Crippen molar-refractivity contribution < 1.29 is 19.8 Å². The highest BCUT2D eigenvalue weighted by Crippen LogP contribution is 2.32. The van der Waals surface area contributed by atoms with E-state index in [0.29, 0.717) is 11.1 Å². The van der Waals surface area contributed by atoms with Crippen molar-refractivity contribution in [3.63, 3.8) is 0 Å². The van der Waals surface area contributed by atoms with Gasteiger partial charge in [-0.2, -0.15) is 0 Å². The zero-order chi connectivity index (χ0) is 16.1. The second-order valence-electron chi connectivity index (χ2n) is 4.91. The molecule has 0 amide bonds. The summed E-state index contributed by atoms with van der Waals surface area (Å²) in [6.07, 6.45) is -0.130. The molecule has 0 bridgehead atoms. The summed E-state index contributed by atoms with van der Waals surface area (Å²) in [5, 5.41) is 18.2. The van der Waals surface area contributed by atoms with Crippen LogP contribution >= 0.6 is 11.8 Å². The first-order chi connectivity index (χ1) is 10.5. The smallest absolute Gasteiger partial charge is 0.310 e. The molecule has 0 heterocycles. The second kappa shape index (κ2) is 7.13. The molecule has 0 aromatic heterocycles. The average Bonchev–Trinajstić information content (AvgIpc) is 2.48. The van der Waals surface area contributed by atoms with Crippen molar-refractivity contribution in [2.75, 3.05) is 0 Å². The molecule has 1 unspecified atom stereocenters. The minimum atomic E-state index is -0.935. The number of hydrogen-bond donors (Lipinski definition) is 2. The Labute approximate surface area is 132 Å². The first-order valence-electron chi connectivity index (χ1n) is 6.77. The highest BCUT2D eigenvalue weighted by molar-refractivity contribution is 7.99. The zero-order valence-corrected chi connectivity index (χ0v) is 12.8. The van der Waals surface area contributed by atoms with Crippen LogP contribution in [-0.4, -0.2) is 22.2 Å². The zero-order valence-electron chi connectivity index (χ0n) is 12.0. The molecule has 0 aliphatic heterocycles. The Kier molecular flexibility index (Phi) is 5.22. The average molecular weight is 316 g/mol. The van der Waals surface area contributed by atoms with Crippen LogP contribution in [0.15, 0.2) is 58.3 Å². The Morgan fingerprint density at radius 3 is 2.36 bits per heavy atom. The summed E-state index contributed by atoms with van der Waals surface area (Å²) in [5.41, 5.74) is 1.24. The second-order valence-corrected chi connectivity index (χ2v) is 6.03. The Morgan fingerprint density at radius 1 is 1.09 bits per heavy atom. The van der Waals surface area contributed by atoms with Crippen LogP contribution in [0.1, 0.15) is 24.0 Å². The van der Waals surface area contributed by atoms with Gasteiger partial charge in [-0.05, 0) is 36.2 Å². The third-order valence-corrected chi connectivity index (χ3v) is 4.39. The van der Waals surface area contributed by atoms with Gasteiger partial charge in [0.1, 0.15) is 0 Å². The van der Waals surface area contributed by atoms with Crippen LogP contribution in [0.5, 0.6) is 0 Å². The van der Waals surface area contributed by atoms with Crippen LogP contribution in [-0.2, 0) is 16.0 Å². The fourth-order valence-corrected chi connectivity index (χ4v) is 2.97. The van der Waals surface area contributed by atoms with Crippen LogP contribution < -0.4 is 0 Å². The number of benzene rings is 2. The van der Waals surface area contributed by atoms with Crippen molar-refractivity contribution in [1.82, 2.24) is 0 Å². The van der Waals surface area contributed by atoms with Gasteiger partial charge in [-0.1, -0.05) is 42.1 Å². The Hall–Kier alpha value is -2.27. The van der Waals surface area contributed by atoms with Crippen LogP contribution in [0.3, 0.4) is 0 Å². The number of hydrogen-bond acceptors (Lipinski definition) is 3. The van der Waals surface area contributed by atoms with Gasteiger partial charge in [0.2, 0.25) is 0 Å². The van der Waals surface area contributed by atoms with E-state index in [-0.39, 0.29) is 6.42 Å². The molecular weight excluding hydrogens is 300 g/mol. The van der Waals surface area contributed by atoms with Crippen molar-refractivity contribution in [2.24, 2.45) is 0 Å². The van der Waals surface area contributed by atoms with E-state index in [0.717, 1.165) is 9.79 Å². The van der Waals surface area contributed by atoms with Gasteiger partial charge in [-0.15, -0.1) is 0 Å². The van der Waals surface area contributed by atoms with Gasteiger partial charge in [-0.3, -0.25) is 9.59 Å². The standard InChI is InChI=1S/C17H16O4S/c1-11(17(20)21)12-7-8-15(13(9-12)10-16(18)19)22-14-5-3-2-4-6-14/h2-9,11H,10H2,1H3,(H,18,19)(H,20,21). The van der Waals surface area contributed by atoms with E-state index < -0.39 is 17.9 Å². The third kappa shape index (κ3) is 4.11. The SMILES string of the molecule is CC(C(=O)O)c1ccc(Sc2ccccc2)c(CC(=O)O)c1. The number of aliphatic carboxylic acids is 2. The number of carboxylic acids is 2. The molecule has 2 N–H and O–H groups in total. The van der Waals surface area contributed by atoms with E-state index in [4.69, 9.17) is 10.2 Å². The Balaban J connectivity index is 2.36. The lowest BCUT2D eigenvalue weighted by atomic mass is 9.98. The summed E-state index contributed by atoms with van der Waals surface area (Å²) < 4.78 is 0. The summed E-state index contributed by atoms with van der Waals surface area (Å²) in [5.74, 6) is -2.52. The summed E-state index contributed by atoms with van der Waals surface area (Å²) in [6.45, 7) is 1.59. The number of rotatable bonds is 6. The van der Waals surface area contributed by atoms with Gasteiger partial charge in [0.15, 0.2) is 0 Å². The first kappa shape index (κ1) is 16.1. The Bertz CT molecular complexity index is 682. The van der Waals surface area contributed by atoms with Gasteiger partial charge in [0, 0.05) is 9.79 Å². The van der Waals surface area contributed by atoms with Gasteiger partial charge in [-0.25, -0.2) is 0 Å². The maximum absolute atomic E-state index is 11.1. The van der Waals surface area contributed by atoms with Crippen LogP contribution in [0.25, 0.3) is 0 Å². The molecule has 1 atom stereocenters. The molecule has 0 fully saturated rings. The highest BCUT2D eigenvalue weighted by atomic mass is 32.2. The van der Waals surface area contributed by atoms with Crippen LogP contribution in [0.2, 0.25) is 0 Å². The first-order valence-corrected chi connectivity index (χ1v) is 7.59. The van der Waals surface area contributed by atoms with E-state index in [9.17, 15) is 9.59 Å². The maximum Gasteiger partial charge on any atom is 0.310 e. The molecule has 2 aromatic carbocycles. The number of carbonyl (C=O) groups is 2. The molecule has 2 rings (SSSR count). The van der Waals surface area contributed by atoms with E-state index in [1.165, 1.54) is 11.8 Å². The van der Waals surface area contributed by atoms with Crippen molar-refractivity contribution in [3.05, 3.63) is 59.7 Å². The van der Waals surface area contributed by atoms with Gasteiger partial charge in [0.05, 0.1) is 12.3 Å². The van der Waals surface area contributed by atoms with E-state index in [2.05, 4.69) is 0 Å². The lowest BCUT2D eigenvalue weighted by Gasteiger charge is -2.12. The minimum Gasteiger partial charge on any atom is -0.481 e. The molecule has 0 aliphatic carbocycles. The Morgan fingerprint density at radius 2 is 1.77 bits per heavy atom. The minimum absolute atomic E-state index is 0.130. The quantitative estimate of drug-likeness (QED) is 0.851. The van der Waals surface area contributed by atoms with Crippen molar-refractivity contribution in [3.8, 4) is 0 Å². The normalized spacial score (nSPS) is 11.9. The van der Waals surface area contributed by atoms with Gasteiger partial charge < -0.3 is 10.2 Å². The highest BCUT2D eigenvalue weighted by Gasteiger charge is 2.17. The molecule has 0 spiro atoms. The van der Waals surface area contributed by atoms with Gasteiger partial charge in [0.25, 0.3) is 0 Å². The summed E-state index contributed by atoms with van der Waals surface area (Å²) in [4.78, 5) is 24.0. The molecule has 0 saturated heterocycles. The fraction of sp³-hybridized carbons (Fsp3) is 0.176. The van der Waals surface area contributed by atoms with Crippen molar-refractivity contribution in [2.45, 2.75) is 29.1 Å². The summed E-state index contributed by atoms with van der Waals surface area (Å²) in [6, 6.07) is 14.9. The molecule has 5 heteroatoms. The van der Waals surface area contributed by atoms with E-state index >= 15 is 0 Å². The molecule has 2 aromatic rings. The molecule has 114 valence electrons. The van der Waals surface area contributed by atoms with Crippen LogP contribution in [0.4, 0.5) is 0 Å². The van der Waals surface area contributed by atoms with E-state index in [1.807, 2.05) is 30.3 Å². The molecule has 4 nitrogen and oxygen atoms in total. The lowest BCUT2D eigenvalue weighted by molar-refractivity contribution is -0.138. The molecular formula is C17H16O4S. The predicted octanol–water partition coefficient (Wildman–Crippen LogP) is 3.65.